The molecule has 1 saturated heterocycles. The SMILES string of the molecule is CC1(C)[C@@H]2CC[C@@]13[C@@H](C2)OC(=O)N3C(=O)C[C@@H](O)c1ccccc1. The molecule has 24 heavy (non-hydrogen) atoms. The molecule has 4 rings (SSSR count). The normalized spacial score (nSPS) is 34.1. The summed E-state index contributed by atoms with van der Waals surface area (Å²) in [5, 5.41) is 10.4. The summed E-state index contributed by atoms with van der Waals surface area (Å²) in [4.78, 5) is 26.7. The fourth-order valence-corrected chi connectivity index (χ4v) is 5.27. The topological polar surface area (TPSA) is 66.8 Å². The first kappa shape index (κ1) is 15.6. The number of carbonyl (C=O) groups excluding carboxylic acids is 2. The van der Waals surface area contributed by atoms with E-state index in [0.29, 0.717) is 11.5 Å². The maximum Gasteiger partial charge on any atom is 0.417 e. The number of imide groups is 1. The first-order chi connectivity index (χ1) is 11.4. The summed E-state index contributed by atoms with van der Waals surface area (Å²) in [6.45, 7) is 4.28. The number of aliphatic hydroxyl groups excluding tert-OH is 1. The van der Waals surface area contributed by atoms with Gasteiger partial charge in [-0.15, -0.1) is 0 Å². The highest BCUT2D eigenvalue weighted by atomic mass is 16.6. The Bertz CT molecular complexity index is 686. The Hall–Kier alpha value is -1.88. The molecule has 1 heterocycles. The van der Waals surface area contributed by atoms with Crippen LogP contribution in [0, 0.1) is 11.3 Å². The van der Waals surface area contributed by atoms with Crippen LogP contribution < -0.4 is 0 Å². The Morgan fingerprint density at radius 3 is 2.75 bits per heavy atom. The van der Waals surface area contributed by atoms with Gasteiger partial charge in [0.25, 0.3) is 0 Å². The Kier molecular flexibility index (Phi) is 3.29. The van der Waals surface area contributed by atoms with E-state index in [9.17, 15) is 14.7 Å². The number of hydrogen-bond donors (Lipinski definition) is 1. The number of fused-ring (bicyclic) bond motifs is 1. The molecule has 1 N–H and O–H groups in total. The van der Waals surface area contributed by atoms with Crippen LogP contribution in [0.15, 0.2) is 30.3 Å². The van der Waals surface area contributed by atoms with Crippen molar-refractivity contribution in [3.05, 3.63) is 35.9 Å². The number of nitrogens with zero attached hydrogens (tertiary/aromatic N) is 1. The predicted molar refractivity (Wildman–Crippen MR) is 87.0 cm³/mol. The molecule has 0 aromatic heterocycles. The van der Waals surface area contributed by atoms with Crippen molar-refractivity contribution >= 4 is 12.0 Å². The number of carbonyl (C=O) groups is 2. The zero-order chi connectivity index (χ0) is 17.1. The fraction of sp³-hybridized carbons (Fsp3) is 0.579. The van der Waals surface area contributed by atoms with Gasteiger partial charge in [-0.3, -0.25) is 4.79 Å². The molecule has 2 amide bonds. The molecular weight excluding hydrogens is 306 g/mol. The van der Waals surface area contributed by atoms with Crippen LogP contribution in [0.3, 0.4) is 0 Å². The van der Waals surface area contributed by atoms with Crippen molar-refractivity contribution in [3.63, 3.8) is 0 Å². The second-order valence-corrected chi connectivity index (χ2v) is 7.85. The van der Waals surface area contributed by atoms with Gasteiger partial charge in [-0.1, -0.05) is 44.2 Å². The smallest absolute Gasteiger partial charge is 0.417 e. The molecule has 2 saturated carbocycles. The minimum Gasteiger partial charge on any atom is -0.443 e. The number of ether oxygens (including phenoxy) is 1. The highest BCUT2D eigenvalue weighted by Gasteiger charge is 2.73. The van der Waals surface area contributed by atoms with Gasteiger partial charge in [0.05, 0.1) is 18.1 Å². The van der Waals surface area contributed by atoms with Crippen molar-refractivity contribution in [2.45, 2.75) is 57.3 Å². The molecule has 1 aliphatic heterocycles. The van der Waals surface area contributed by atoms with Gasteiger partial charge in [0.1, 0.15) is 6.10 Å². The summed E-state index contributed by atoms with van der Waals surface area (Å²) in [6, 6.07) is 9.07. The van der Waals surface area contributed by atoms with Crippen molar-refractivity contribution in [1.82, 2.24) is 4.90 Å². The lowest BCUT2D eigenvalue weighted by Crippen LogP contribution is -2.57. The number of rotatable bonds is 3. The molecule has 2 aliphatic carbocycles. The van der Waals surface area contributed by atoms with E-state index in [1.807, 2.05) is 18.2 Å². The lowest BCUT2D eigenvalue weighted by atomic mass is 9.74. The summed E-state index contributed by atoms with van der Waals surface area (Å²) >= 11 is 0. The van der Waals surface area contributed by atoms with E-state index in [0.717, 1.165) is 19.3 Å². The van der Waals surface area contributed by atoms with E-state index < -0.39 is 17.7 Å². The number of benzene rings is 1. The summed E-state index contributed by atoms with van der Waals surface area (Å²) in [5.41, 5.74) is 0.00170. The average molecular weight is 329 g/mol. The van der Waals surface area contributed by atoms with Crippen molar-refractivity contribution in [1.29, 1.82) is 0 Å². The number of aliphatic hydroxyl groups is 1. The zero-order valence-corrected chi connectivity index (χ0v) is 14.1. The number of amides is 2. The third-order valence-corrected chi connectivity index (χ3v) is 6.67. The van der Waals surface area contributed by atoms with E-state index in [2.05, 4.69) is 13.8 Å². The average Bonchev–Trinajstić information content (AvgIpc) is 3.07. The molecule has 0 unspecified atom stereocenters. The monoisotopic (exact) mass is 329 g/mol. The molecule has 128 valence electrons. The van der Waals surface area contributed by atoms with Gasteiger partial charge in [0.15, 0.2) is 0 Å². The zero-order valence-electron chi connectivity index (χ0n) is 14.1. The van der Waals surface area contributed by atoms with E-state index in [1.165, 1.54) is 4.90 Å². The quantitative estimate of drug-likeness (QED) is 0.925. The summed E-state index contributed by atoms with van der Waals surface area (Å²) < 4.78 is 5.55. The van der Waals surface area contributed by atoms with Crippen molar-refractivity contribution in [2.75, 3.05) is 0 Å². The predicted octanol–water partition coefficient (Wildman–Crippen LogP) is 3.04. The maximum atomic E-state index is 12.9. The minimum atomic E-state index is -0.913. The molecule has 4 atom stereocenters. The lowest BCUT2D eigenvalue weighted by Gasteiger charge is -2.41. The Labute approximate surface area is 141 Å². The van der Waals surface area contributed by atoms with E-state index in [4.69, 9.17) is 4.74 Å². The molecule has 0 radical (unpaired) electrons. The fourth-order valence-electron chi connectivity index (χ4n) is 5.27. The van der Waals surface area contributed by atoms with Gasteiger partial charge in [0.2, 0.25) is 5.91 Å². The molecule has 3 fully saturated rings. The van der Waals surface area contributed by atoms with Crippen LogP contribution in [0.2, 0.25) is 0 Å². The Morgan fingerprint density at radius 2 is 2.08 bits per heavy atom. The van der Waals surface area contributed by atoms with Gasteiger partial charge in [-0.2, -0.15) is 0 Å². The summed E-state index contributed by atoms with van der Waals surface area (Å²) in [5.74, 6) is 0.138. The van der Waals surface area contributed by atoms with Gasteiger partial charge in [0, 0.05) is 0 Å². The molecule has 5 nitrogen and oxygen atoms in total. The van der Waals surface area contributed by atoms with E-state index >= 15 is 0 Å². The van der Waals surface area contributed by atoms with Gasteiger partial charge < -0.3 is 9.84 Å². The molecule has 5 heteroatoms. The van der Waals surface area contributed by atoms with Crippen LogP contribution in [0.25, 0.3) is 0 Å². The minimum absolute atomic E-state index is 0.103. The Balaban J connectivity index is 1.61. The second kappa shape index (κ2) is 5.06. The first-order valence-electron chi connectivity index (χ1n) is 8.64. The first-order valence-corrected chi connectivity index (χ1v) is 8.64. The van der Waals surface area contributed by atoms with Crippen molar-refractivity contribution in [2.24, 2.45) is 11.3 Å². The molecule has 1 aromatic rings. The summed E-state index contributed by atoms with van der Waals surface area (Å²) in [6.07, 6.45) is 0.899. The lowest BCUT2D eigenvalue weighted by molar-refractivity contribution is -0.136. The largest absolute Gasteiger partial charge is 0.443 e. The Morgan fingerprint density at radius 1 is 1.38 bits per heavy atom. The van der Waals surface area contributed by atoms with Crippen LogP contribution in [0.5, 0.6) is 0 Å². The van der Waals surface area contributed by atoms with Crippen LogP contribution in [0.1, 0.15) is 51.2 Å². The highest BCUT2D eigenvalue weighted by Crippen LogP contribution is 2.65. The third kappa shape index (κ3) is 1.85. The van der Waals surface area contributed by atoms with Crippen molar-refractivity contribution in [3.8, 4) is 0 Å². The van der Waals surface area contributed by atoms with Gasteiger partial charge in [-0.25, -0.2) is 9.69 Å². The second-order valence-electron chi connectivity index (χ2n) is 7.85. The molecule has 1 spiro atoms. The van der Waals surface area contributed by atoms with Gasteiger partial charge >= 0.3 is 6.09 Å². The standard InChI is InChI=1S/C19H23NO4/c1-18(2)13-8-9-19(18)15(10-13)24-17(23)20(19)16(22)11-14(21)12-6-4-3-5-7-12/h3-7,13-15,21H,8-11H2,1-2H3/t13-,14-,15-,19-/m1/s1. The summed E-state index contributed by atoms with van der Waals surface area (Å²) in [7, 11) is 0. The third-order valence-electron chi connectivity index (χ3n) is 6.67. The van der Waals surface area contributed by atoms with Crippen LogP contribution in [0.4, 0.5) is 4.79 Å². The molecular formula is C19H23NO4. The van der Waals surface area contributed by atoms with E-state index in [1.54, 1.807) is 12.1 Å². The molecule has 3 aliphatic rings. The highest BCUT2D eigenvalue weighted by molar-refractivity contribution is 5.95. The van der Waals surface area contributed by atoms with E-state index in [-0.39, 0.29) is 23.8 Å². The van der Waals surface area contributed by atoms with Crippen molar-refractivity contribution < 1.29 is 19.4 Å². The number of hydrogen-bond acceptors (Lipinski definition) is 4. The molecule has 1 aromatic carbocycles. The maximum absolute atomic E-state index is 12.9. The van der Waals surface area contributed by atoms with Crippen LogP contribution in [-0.4, -0.2) is 33.6 Å². The van der Waals surface area contributed by atoms with Crippen LogP contribution >= 0.6 is 0 Å². The van der Waals surface area contributed by atoms with Crippen LogP contribution in [-0.2, 0) is 9.53 Å². The molecule has 2 bridgehead atoms. The van der Waals surface area contributed by atoms with Gasteiger partial charge in [-0.05, 0) is 36.2 Å².